The molecule has 0 saturated carbocycles. The third kappa shape index (κ3) is 5.58. The van der Waals surface area contributed by atoms with Crippen molar-refractivity contribution in [3.05, 3.63) is 71.5 Å². The molecule has 0 aliphatic carbocycles. The van der Waals surface area contributed by atoms with Crippen LogP contribution in [0.2, 0.25) is 0 Å². The number of thiazole rings is 1. The van der Waals surface area contributed by atoms with Gasteiger partial charge in [0.1, 0.15) is 11.6 Å². The monoisotopic (exact) mass is 374 g/mol. The molecule has 0 aliphatic heterocycles. The molecule has 7 heteroatoms. The Morgan fingerprint density at radius 3 is 2.60 bits per heavy atom. The van der Waals surface area contributed by atoms with Crippen molar-refractivity contribution in [2.75, 3.05) is 5.75 Å². The number of rotatable bonds is 7. The third-order valence-electron chi connectivity index (χ3n) is 3.21. The van der Waals surface area contributed by atoms with Gasteiger partial charge in [-0.15, -0.1) is 11.8 Å². The predicted molar refractivity (Wildman–Crippen MR) is 97.6 cm³/mol. The predicted octanol–water partition coefficient (Wildman–Crippen LogP) is 4.48. The van der Waals surface area contributed by atoms with Gasteiger partial charge in [-0.25, -0.2) is 9.37 Å². The van der Waals surface area contributed by atoms with E-state index in [0.29, 0.717) is 17.5 Å². The molecule has 0 atom stereocenters. The molecule has 1 aromatic heterocycles. The third-order valence-corrected chi connectivity index (χ3v) is 4.87. The molecule has 0 spiro atoms. The zero-order chi connectivity index (χ0) is 17.5. The maximum Gasteiger partial charge on any atom is 0.278 e. The van der Waals surface area contributed by atoms with Crippen LogP contribution in [0.5, 0.6) is 10.9 Å². The number of aromatic nitrogens is 1. The van der Waals surface area contributed by atoms with Crippen LogP contribution in [0.1, 0.15) is 5.56 Å². The molecule has 1 N–H and O–H groups in total. The summed E-state index contributed by atoms with van der Waals surface area (Å²) < 4.78 is 18.4. The zero-order valence-electron chi connectivity index (χ0n) is 13.1. The van der Waals surface area contributed by atoms with E-state index in [9.17, 15) is 9.18 Å². The van der Waals surface area contributed by atoms with Gasteiger partial charge in [0.2, 0.25) is 5.91 Å². The van der Waals surface area contributed by atoms with Crippen molar-refractivity contribution < 1.29 is 13.9 Å². The number of hydrogen-bond donors (Lipinski definition) is 1. The Morgan fingerprint density at radius 2 is 1.92 bits per heavy atom. The summed E-state index contributed by atoms with van der Waals surface area (Å²) in [6.07, 6.45) is 1.69. The summed E-state index contributed by atoms with van der Waals surface area (Å²) in [4.78, 5) is 16.8. The first-order valence-electron chi connectivity index (χ1n) is 7.50. The van der Waals surface area contributed by atoms with Crippen molar-refractivity contribution in [3.8, 4) is 10.9 Å². The summed E-state index contributed by atoms with van der Waals surface area (Å²) in [6, 6.07) is 13.6. The molecule has 1 amide bonds. The lowest BCUT2D eigenvalue weighted by atomic mass is 10.2. The van der Waals surface area contributed by atoms with Gasteiger partial charge in [-0.1, -0.05) is 23.5 Å². The van der Waals surface area contributed by atoms with Gasteiger partial charge in [-0.05, 0) is 42.0 Å². The van der Waals surface area contributed by atoms with Gasteiger partial charge in [0, 0.05) is 23.0 Å². The van der Waals surface area contributed by atoms with Gasteiger partial charge in [-0.3, -0.25) is 4.79 Å². The number of carbonyl (C=O) groups is 1. The largest absolute Gasteiger partial charge is 0.431 e. The van der Waals surface area contributed by atoms with E-state index in [1.54, 1.807) is 18.3 Å². The van der Waals surface area contributed by atoms with Crippen molar-refractivity contribution >= 4 is 29.0 Å². The number of benzene rings is 2. The van der Waals surface area contributed by atoms with Crippen molar-refractivity contribution in [2.45, 2.75) is 11.4 Å². The molecule has 0 fully saturated rings. The first-order valence-corrected chi connectivity index (χ1v) is 9.37. The molecule has 128 valence electrons. The highest BCUT2D eigenvalue weighted by Gasteiger charge is 2.04. The summed E-state index contributed by atoms with van der Waals surface area (Å²) in [5.41, 5.74) is 0.978. The molecule has 0 radical (unpaired) electrons. The highest BCUT2D eigenvalue weighted by molar-refractivity contribution is 8.00. The number of nitrogens with zero attached hydrogens (tertiary/aromatic N) is 1. The molecule has 0 unspecified atom stereocenters. The van der Waals surface area contributed by atoms with Crippen LogP contribution in [0.4, 0.5) is 4.39 Å². The minimum atomic E-state index is -0.281. The minimum Gasteiger partial charge on any atom is -0.431 e. The molecule has 25 heavy (non-hydrogen) atoms. The van der Waals surface area contributed by atoms with Crippen molar-refractivity contribution in [1.82, 2.24) is 10.3 Å². The Kier molecular flexibility index (Phi) is 6.03. The van der Waals surface area contributed by atoms with E-state index in [1.807, 2.05) is 29.6 Å². The number of hydrogen-bond acceptors (Lipinski definition) is 5. The lowest BCUT2D eigenvalue weighted by Gasteiger charge is -2.07. The van der Waals surface area contributed by atoms with Crippen molar-refractivity contribution in [3.63, 3.8) is 0 Å². The van der Waals surface area contributed by atoms with Gasteiger partial charge < -0.3 is 10.1 Å². The van der Waals surface area contributed by atoms with Crippen molar-refractivity contribution in [2.24, 2.45) is 0 Å². The first-order chi connectivity index (χ1) is 12.2. The standard InChI is InChI=1S/C18H15FN2O2S2/c19-14-3-7-16(8-4-14)25-12-17(22)21-11-13-1-5-15(6-2-13)23-18-20-9-10-24-18/h1-10H,11-12H2,(H,21,22). The van der Waals surface area contributed by atoms with E-state index in [4.69, 9.17) is 4.74 Å². The molecule has 3 rings (SSSR count). The Hall–Kier alpha value is -2.38. The fourth-order valence-electron chi connectivity index (χ4n) is 1.97. The lowest BCUT2D eigenvalue weighted by Crippen LogP contribution is -2.24. The van der Waals surface area contributed by atoms with E-state index in [-0.39, 0.29) is 17.5 Å². The summed E-state index contributed by atoms with van der Waals surface area (Å²) in [5.74, 6) is 0.641. The van der Waals surface area contributed by atoms with Gasteiger partial charge in [0.05, 0.1) is 5.75 Å². The van der Waals surface area contributed by atoms with Crippen LogP contribution in [0, 0.1) is 5.82 Å². The van der Waals surface area contributed by atoms with E-state index < -0.39 is 0 Å². The first kappa shape index (κ1) is 17.4. The highest BCUT2D eigenvalue weighted by Crippen LogP contribution is 2.23. The minimum absolute atomic E-state index is 0.0718. The Labute approximate surface area is 153 Å². The van der Waals surface area contributed by atoms with Crippen LogP contribution in [0.15, 0.2) is 65.0 Å². The summed E-state index contributed by atoms with van der Waals surface area (Å²) in [6.45, 7) is 0.445. The van der Waals surface area contributed by atoms with Crippen LogP contribution in [0.25, 0.3) is 0 Å². The van der Waals surface area contributed by atoms with Crippen LogP contribution < -0.4 is 10.1 Å². The number of halogens is 1. The normalized spacial score (nSPS) is 10.4. The van der Waals surface area contributed by atoms with Crippen LogP contribution in [-0.4, -0.2) is 16.6 Å². The van der Waals surface area contributed by atoms with Gasteiger partial charge >= 0.3 is 0 Å². The lowest BCUT2D eigenvalue weighted by molar-refractivity contribution is -0.118. The van der Waals surface area contributed by atoms with E-state index in [0.717, 1.165) is 10.5 Å². The molecular weight excluding hydrogens is 359 g/mol. The summed E-state index contributed by atoms with van der Waals surface area (Å²) in [7, 11) is 0. The quantitative estimate of drug-likeness (QED) is 0.620. The second kappa shape index (κ2) is 8.64. The molecule has 0 bridgehead atoms. The Balaban J connectivity index is 1.43. The molecule has 4 nitrogen and oxygen atoms in total. The highest BCUT2D eigenvalue weighted by atomic mass is 32.2. The second-order valence-electron chi connectivity index (χ2n) is 5.06. The molecule has 3 aromatic rings. The number of ether oxygens (including phenoxy) is 1. The average molecular weight is 374 g/mol. The van der Waals surface area contributed by atoms with E-state index in [1.165, 1.54) is 35.2 Å². The molecule has 2 aromatic carbocycles. The Bertz CT molecular complexity index is 806. The van der Waals surface area contributed by atoms with Crippen molar-refractivity contribution in [1.29, 1.82) is 0 Å². The van der Waals surface area contributed by atoms with Gasteiger partial charge in [0.15, 0.2) is 0 Å². The summed E-state index contributed by atoms with van der Waals surface area (Å²) in [5, 5.41) is 5.31. The zero-order valence-corrected chi connectivity index (χ0v) is 14.8. The average Bonchev–Trinajstić information content (AvgIpc) is 3.14. The number of nitrogens with one attached hydrogen (secondary N) is 1. The van der Waals surface area contributed by atoms with Crippen LogP contribution >= 0.6 is 23.1 Å². The maximum atomic E-state index is 12.8. The van der Waals surface area contributed by atoms with E-state index >= 15 is 0 Å². The number of amides is 1. The number of carbonyl (C=O) groups excluding carboxylic acids is 1. The Morgan fingerprint density at radius 1 is 1.16 bits per heavy atom. The van der Waals surface area contributed by atoms with Gasteiger partial charge in [-0.2, -0.15) is 0 Å². The number of thioether (sulfide) groups is 1. The topological polar surface area (TPSA) is 51.2 Å². The SMILES string of the molecule is O=C(CSc1ccc(F)cc1)NCc1ccc(Oc2nccs2)cc1. The molecule has 1 heterocycles. The molecular formula is C18H15FN2O2S2. The van der Waals surface area contributed by atoms with Crippen LogP contribution in [-0.2, 0) is 11.3 Å². The smallest absolute Gasteiger partial charge is 0.278 e. The fourth-order valence-corrected chi connectivity index (χ4v) is 3.20. The maximum absolute atomic E-state index is 12.8. The molecule has 0 saturated heterocycles. The summed E-state index contributed by atoms with van der Waals surface area (Å²) >= 11 is 2.80. The molecule has 0 aliphatic rings. The van der Waals surface area contributed by atoms with Gasteiger partial charge in [0.25, 0.3) is 5.19 Å². The van der Waals surface area contributed by atoms with E-state index in [2.05, 4.69) is 10.3 Å². The second-order valence-corrected chi connectivity index (χ2v) is 6.97. The fraction of sp³-hybridized carbons (Fsp3) is 0.111. The van der Waals surface area contributed by atoms with Crippen LogP contribution in [0.3, 0.4) is 0 Å².